The van der Waals surface area contributed by atoms with Crippen LogP contribution in [0.25, 0.3) is 0 Å². The van der Waals surface area contributed by atoms with E-state index >= 15 is 0 Å². The fourth-order valence-corrected chi connectivity index (χ4v) is 1.85. The van der Waals surface area contributed by atoms with E-state index in [1.54, 1.807) is 23.2 Å². The molecule has 0 fully saturated rings. The summed E-state index contributed by atoms with van der Waals surface area (Å²) in [7, 11) is 1.81. The minimum atomic E-state index is -0.00894. The van der Waals surface area contributed by atoms with Gasteiger partial charge in [-0.2, -0.15) is 5.26 Å². The van der Waals surface area contributed by atoms with Gasteiger partial charge in [0.25, 0.3) is 5.91 Å². The van der Waals surface area contributed by atoms with Gasteiger partial charge in [0.1, 0.15) is 0 Å². The number of nitriles is 1. The Balaban J connectivity index is 2.61. The molecule has 1 rings (SSSR count). The van der Waals surface area contributed by atoms with Crippen LogP contribution in [-0.4, -0.2) is 29.4 Å². The summed E-state index contributed by atoms with van der Waals surface area (Å²) >= 11 is 0. The highest BCUT2D eigenvalue weighted by Gasteiger charge is 2.12. The third-order valence-electron chi connectivity index (χ3n) is 2.95. The topological polar surface area (TPSA) is 57.0 Å². The first-order chi connectivity index (χ1) is 9.04. The molecule has 1 aromatic heterocycles. The molecule has 0 aliphatic rings. The molecule has 0 aliphatic carbocycles. The zero-order valence-electron chi connectivity index (χ0n) is 11.9. The van der Waals surface area contributed by atoms with Gasteiger partial charge in [0.05, 0.1) is 18.2 Å². The largest absolute Gasteiger partial charge is 0.342 e. The Morgan fingerprint density at radius 1 is 1.53 bits per heavy atom. The van der Waals surface area contributed by atoms with Crippen LogP contribution in [0.15, 0.2) is 18.3 Å². The predicted molar refractivity (Wildman–Crippen MR) is 74.6 cm³/mol. The lowest BCUT2D eigenvalue weighted by molar-refractivity contribution is 0.0791. The molecule has 102 valence electrons. The van der Waals surface area contributed by atoms with Gasteiger partial charge < -0.3 is 4.90 Å². The number of carbonyl (C=O) groups is 1. The maximum Gasteiger partial charge on any atom is 0.253 e. The summed E-state index contributed by atoms with van der Waals surface area (Å²) in [4.78, 5) is 18.0. The van der Waals surface area contributed by atoms with Crippen LogP contribution in [0.4, 0.5) is 0 Å². The average molecular weight is 259 g/mol. The van der Waals surface area contributed by atoms with Crippen molar-refractivity contribution in [3.05, 3.63) is 29.6 Å². The van der Waals surface area contributed by atoms with Gasteiger partial charge in [0.2, 0.25) is 0 Å². The van der Waals surface area contributed by atoms with E-state index in [9.17, 15) is 4.79 Å². The molecule has 0 aliphatic heterocycles. The van der Waals surface area contributed by atoms with Crippen LogP contribution in [0.2, 0.25) is 0 Å². The van der Waals surface area contributed by atoms with E-state index in [1.807, 2.05) is 13.1 Å². The molecule has 0 N–H and O–H groups in total. The first-order valence-electron chi connectivity index (χ1n) is 6.62. The molecule has 0 atom stereocenters. The van der Waals surface area contributed by atoms with Gasteiger partial charge in [-0.15, -0.1) is 0 Å². The maximum atomic E-state index is 12.2. The van der Waals surface area contributed by atoms with E-state index in [0.717, 1.165) is 19.4 Å². The fourth-order valence-electron chi connectivity index (χ4n) is 1.85. The number of nitrogens with zero attached hydrogens (tertiary/aromatic N) is 3. The van der Waals surface area contributed by atoms with E-state index in [2.05, 4.69) is 18.8 Å². The Morgan fingerprint density at radius 3 is 2.89 bits per heavy atom. The summed E-state index contributed by atoms with van der Waals surface area (Å²) in [5.74, 6) is 0.650. The monoisotopic (exact) mass is 259 g/mol. The van der Waals surface area contributed by atoms with Crippen molar-refractivity contribution in [3.8, 4) is 6.07 Å². The number of hydrogen-bond acceptors (Lipinski definition) is 3. The molecule has 0 aromatic carbocycles. The summed E-state index contributed by atoms with van der Waals surface area (Å²) in [5.41, 5.74) is 1.25. The summed E-state index contributed by atoms with van der Waals surface area (Å²) < 4.78 is 0. The molecular weight excluding hydrogens is 238 g/mol. The van der Waals surface area contributed by atoms with Crippen LogP contribution in [0.5, 0.6) is 0 Å². The fraction of sp³-hybridized carbons (Fsp3) is 0.533. The molecular formula is C15H21N3O. The molecule has 0 unspecified atom stereocenters. The Morgan fingerprint density at radius 2 is 2.26 bits per heavy atom. The van der Waals surface area contributed by atoms with Crippen molar-refractivity contribution in [3.63, 3.8) is 0 Å². The van der Waals surface area contributed by atoms with Crippen LogP contribution < -0.4 is 0 Å². The summed E-state index contributed by atoms with van der Waals surface area (Å²) in [6, 6.07) is 5.43. The Bertz CT molecular complexity index is 463. The van der Waals surface area contributed by atoms with Crippen molar-refractivity contribution < 1.29 is 4.79 Å². The predicted octanol–water partition coefficient (Wildman–Crippen LogP) is 2.66. The lowest BCUT2D eigenvalue weighted by atomic mass is 10.1. The number of carbonyl (C=O) groups excluding carboxylic acids is 1. The molecule has 4 nitrogen and oxygen atoms in total. The van der Waals surface area contributed by atoms with Crippen molar-refractivity contribution in [2.75, 3.05) is 13.6 Å². The minimum absolute atomic E-state index is 0.00894. The first-order valence-corrected chi connectivity index (χ1v) is 6.62. The van der Waals surface area contributed by atoms with Crippen LogP contribution in [0, 0.1) is 17.2 Å². The second-order valence-electron chi connectivity index (χ2n) is 5.13. The summed E-state index contributed by atoms with van der Waals surface area (Å²) in [6.07, 6.45) is 3.95. The van der Waals surface area contributed by atoms with E-state index < -0.39 is 0 Å². The van der Waals surface area contributed by atoms with Gasteiger partial charge in [-0.3, -0.25) is 9.78 Å². The number of aromatic nitrogens is 1. The maximum absolute atomic E-state index is 12.2. The van der Waals surface area contributed by atoms with Crippen molar-refractivity contribution in [1.82, 2.24) is 9.88 Å². The molecule has 4 heteroatoms. The summed E-state index contributed by atoms with van der Waals surface area (Å²) in [5, 5.41) is 8.64. The lowest BCUT2D eigenvalue weighted by Crippen LogP contribution is -2.28. The lowest BCUT2D eigenvalue weighted by Gasteiger charge is -2.18. The van der Waals surface area contributed by atoms with Gasteiger partial charge in [0, 0.05) is 25.4 Å². The highest BCUT2D eigenvalue weighted by atomic mass is 16.2. The number of pyridine rings is 1. The smallest absolute Gasteiger partial charge is 0.253 e. The van der Waals surface area contributed by atoms with Gasteiger partial charge in [0.15, 0.2) is 0 Å². The molecule has 0 saturated heterocycles. The first kappa shape index (κ1) is 15.2. The molecule has 19 heavy (non-hydrogen) atoms. The third kappa shape index (κ3) is 5.09. The molecule has 0 saturated carbocycles. The Labute approximate surface area is 115 Å². The molecule has 1 heterocycles. The van der Waals surface area contributed by atoms with Gasteiger partial charge in [-0.1, -0.05) is 13.8 Å². The summed E-state index contributed by atoms with van der Waals surface area (Å²) in [6.45, 7) is 5.12. The van der Waals surface area contributed by atoms with Crippen molar-refractivity contribution >= 4 is 5.91 Å². The number of rotatable bonds is 6. The molecule has 0 bridgehead atoms. The average Bonchev–Trinajstić information content (AvgIpc) is 2.38. The van der Waals surface area contributed by atoms with E-state index in [1.165, 1.54) is 0 Å². The second-order valence-corrected chi connectivity index (χ2v) is 5.13. The second kappa shape index (κ2) is 7.52. The van der Waals surface area contributed by atoms with Crippen LogP contribution in [0.1, 0.15) is 42.7 Å². The van der Waals surface area contributed by atoms with Gasteiger partial charge >= 0.3 is 0 Å². The van der Waals surface area contributed by atoms with Crippen molar-refractivity contribution in [2.24, 2.45) is 5.92 Å². The Kier molecular flexibility index (Phi) is 6.01. The third-order valence-corrected chi connectivity index (χ3v) is 2.95. The van der Waals surface area contributed by atoms with E-state index in [4.69, 9.17) is 5.26 Å². The highest BCUT2D eigenvalue weighted by Crippen LogP contribution is 2.08. The zero-order valence-corrected chi connectivity index (χ0v) is 11.9. The van der Waals surface area contributed by atoms with Crippen LogP contribution >= 0.6 is 0 Å². The highest BCUT2D eigenvalue weighted by molar-refractivity contribution is 5.94. The molecule has 1 aromatic rings. The van der Waals surface area contributed by atoms with Gasteiger partial charge in [-0.05, 0) is 30.9 Å². The van der Waals surface area contributed by atoms with E-state index in [0.29, 0.717) is 17.2 Å². The van der Waals surface area contributed by atoms with Crippen LogP contribution in [-0.2, 0) is 6.42 Å². The zero-order chi connectivity index (χ0) is 14.3. The molecule has 0 spiro atoms. The Hall–Kier alpha value is -1.89. The number of hydrogen-bond donors (Lipinski definition) is 0. The van der Waals surface area contributed by atoms with Crippen molar-refractivity contribution in [2.45, 2.75) is 33.1 Å². The van der Waals surface area contributed by atoms with Gasteiger partial charge in [-0.25, -0.2) is 0 Å². The normalized spacial score (nSPS) is 10.3. The quantitative estimate of drug-likeness (QED) is 0.789. The molecule has 1 amide bonds. The van der Waals surface area contributed by atoms with Crippen molar-refractivity contribution in [1.29, 1.82) is 5.26 Å². The van der Waals surface area contributed by atoms with Crippen LogP contribution in [0.3, 0.4) is 0 Å². The minimum Gasteiger partial charge on any atom is -0.342 e. The number of amides is 1. The standard InChI is InChI=1S/C15H21N3O/c1-12(2)5-4-10-18(3)15(19)13-7-9-17-14(11-13)6-8-16/h7,9,11-12H,4-6,10H2,1-3H3. The SMILES string of the molecule is CC(C)CCCN(C)C(=O)c1ccnc(CC#N)c1. The van der Waals surface area contributed by atoms with E-state index in [-0.39, 0.29) is 12.3 Å². The molecule has 0 radical (unpaired) electrons.